The van der Waals surface area contributed by atoms with E-state index in [1.54, 1.807) is 4.90 Å². The van der Waals surface area contributed by atoms with Gasteiger partial charge in [0, 0.05) is 26.2 Å². The maximum atomic E-state index is 12.8. The first kappa shape index (κ1) is 23.8. The topological polar surface area (TPSA) is 71.1 Å². The summed E-state index contributed by atoms with van der Waals surface area (Å²) in [5.41, 5.74) is 3.53. The number of likely N-dealkylation sites (tertiary alicyclic amines) is 2. The van der Waals surface area contributed by atoms with Crippen molar-refractivity contribution in [2.75, 3.05) is 32.7 Å². The molecule has 0 radical (unpaired) electrons. The van der Waals surface area contributed by atoms with E-state index >= 15 is 0 Å². The Bertz CT molecular complexity index is 1020. The third-order valence-electron chi connectivity index (χ3n) is 7.62. The van der Waals surface area contributed by atoms with Crippen LogP contribution in [0, 0.1) is 0 Å². The third-order valence-corrected chi connectivity index (χ3v) is 7.62. The predicted molar refractivity (Wildman–Crippen MR) is 133 cm³/mol. The minimum absolute atomic E-state index is 0.0762. The van der Waals surface area contributed by atoms with Gasteiger partial charge in [-0.1, -0.05) is 54.6 Å². The van der Waals surface area contributed by atoms with E-state index in [-0.39, 0.29) is 18.1 Å². The van der Waals surface area contributed by atoms with Crippen LogP contribution in [-0.2, 0) is 33.1 Å². The van der Waals surface area contributed by atoms with Crippen molar-refractivity contribution in [3.63, 3.8) is 0 Å². The highest BCUT2D eigenvalue weighted by atomic mass is 16.6. The highest BCUT2D eigenvalue weighted by Crippen LogP contribution is 2.43. The van der Waals surface area contributed by atoms with Gasteiger partial charge in [0.25, 0.3) is 0 Å². The monoisotopic (exact) mass is 477 g/mol. The Morgan fingerprint density at radius 3 is 2.63 bits per heavy atom. The molecule has 1 spiro atoms. The molecule has 7 nitrogen and oxygen atoms in total. The summed E-state index contributed by atoms with van der Waals surface area (Å²) in [4.78, 5) is 29.4. The first-order valence-corrected chi connectivity index (χ1v) is 12.8. The first-order chi connectivity index (χ1) is 17.1. The number of carbonyl (C=O) groups is 2. The van der Waals surface area contributed by atoms with Gasteiger partial charge in [-0.3, -0.25) is 9.69 Å². The van der Waals surface area contributed by atoms with Gasteiger partial charge in [-0.15, -0.1) is 0 Å². The summed E-state index contributed by atoms with van der Waals surface area (Å²) in [6.07, 6.45) is 4.00. The molecule has 2 amide bonds. The molecular weight excluding hydrogens is 442 g/mol. The molecule has 0 aliphatic carbocycles. The lowest BCUT2D eigenvalue weighted by atomic mass is 9.84. The van der Waals surface area contributed by atoms with Crippen molar-refractivity contribution in [3.05, 3.63) is 71.3 Å². The van der Waals surface area contributed by atoms with E-state index in [1.807, 2.05) is 30.3 Å². The molecule has 1 atom stereocenters. The van der Waals surface area contributed by atoms with Crippen LogP contribution in [0.4, 0.5) is 4.79 Å². The van der Waals surface area contributed by atoms with E-state index in [0.717, 1.165) is 57.5 Å². The number of hydrogen-bond acceptors (Lipinski definition) is 5. The van der Waals surface area contributed by atoms with Crippen LogP contribution in [0.1, 0.15) is 48.8 Å². The molecule has 0 bridgehead atoms. The number of hydrogen-bond donors (Lipinski definition) is 1. The summed E-state index contributed by atoms with van der Waals surface area (Å²) < 4.78 is 11.7. The number of ether oxygens (including phenoxy) is 2. The summed E-state index contributed by atoms with van der Waals surface area (Å²) in [5.74, 6) is -0.0762. The molecule has 5 rings (SSSR count). The van der Waals surface area contributed by atoms with E-state index in [2.05, 4.69) is 34.5 Å². The minimum Gasteiger partial charge on any atom is -0.445 e. The van der Waals surface area contributed by atoms with E-state index in [9.17, 15) is 9.59 Å². The van der Waals surface area contributed by atoms with Crippen LogP contribution >= 0.6 is 0 Å². The zero-order chi connectivity index (χ0) is 24.1. The Labute approximate surface area is 207 Å². The number of rotatable bonds is 7. The lowest BCUT2D eigenvalue weighted by molar-refractivity contribution is -0.125. The molecule has 1 N–H and O–H groups in total. The van der Waals surface area contributed by atoms with Gasteiger partial charge >= 0.3 is 6.09 Å². The zero-order valence-corrected chi connectivity index (χ0v) is 20.3. The Kier molecular flexibility index (Phi) is 7.35. The molecule has 7 heteroatoms. The molecule has 2 aromatic carbocycles. The number of fused-ring (bicyclic) bond motifs is 2. The van der Waals surface area contributed by atoms with Gasteiger partial charge in [-0.05, 0) is 55.3 Å². The molecular formula is C28H35N3O4. The summed E-state index contributed by atoms with van der Waals surface area (Å²) in [6, 6.07) is 17.8. The molecule has 35 heavy (non-hydrogen) atoms. The van der Waals surface area contributed by atoms with Crippen LogP contribution in [0.5, 0.6) is 0 Å². The predicted octanol–water partition coefficient (Wildman–Crippen LogP) is 3.82. The quantitative estimate of drug-likeness (QED) is 0.614. The van der Waals surface area contributed by atoms with Crippen LogP contribution in [0.2, 0.25) is 0 Å². The van der Waals surface area contributed by atoms with E-state index in [0.29, 0.717) is 19.5 Å². The molecule has 0 unspecified atom stereocenters. The van der Waals surface area contributed by atoms with Crippen molar-refractivity contribution < 1.29 is 19.1 Å². The Balaban J connectivity index is 1.02. The smallest absolute Gasteiger partial charge is 0.410 e. The van der Waals surface area contributed by atoms with Gasteiger partial charge < -0.3 is 19.7 Å². The van der Waals surface area contributed by atoms with Crippen molar-refractivity contribution in [2.24, 2.45) is 0 Å². The fourth-order valence-corrected chi connectivity index (χ4v) is 5.63. The Morgan fingerprint density at radius 2 is 1.80 bits per heavy atom. The lowest BCUT2D eigenvalue weighted by Gasteiger charge is -2.39. The maximum Gasteiger partial charge on any atom is 0.410 e. The molecule has 3 aliphatic heterocycles. The number of benzene rings is 2. The average molecular weight is 478 g/mol. The average Bonchev–Trinajstić information content (AvgIpc) is 3.53. The van der Waals surface area contributed by atoms with Gasteiger partial charge in [-0.2, -0.15) is 0 Å². The summed E-state index contributed by atoms with van der Waals surface area (Å²) in [7, 11) is 0. The van der Waals surface area contributed by atoms with Crippen molar-refractivity contribution in [3.8, 4) is 0 Å². The van der Waals surface area contributed by atoms with Gasteiger partial charge in [0.15, 0.2) is 0 Å². The van der Waals surface area contributed by atoms with Crippen LogP contribution in [-0.4, -0.2) is 60.6 Å². The summed E-state index contributed by atoms with van der Waals surface area (Å²) in [5, 5.41) is 3.04. The van der Waals surface area contributed by atoms with Gasteiger partial charge in [0.05, 0.1) is 12.2 Å². The molecule has 3 aliphatic rings. The fraction of sp³-hybridized carbons (Fsp3) is 0.500. The van der Waals surface area contributed by atoms with Gasteiger partial charge in [0.2, 0.25) is 5.91 Å². The standard InChI is InChI=1S/C28H35N3O4/c32-26(25-12-6-17-31(25)27(33)34-20-22-8-2-1-3-9-22)29-15-7-16-30-18-13-28(14-19-30)24-11-5-4-10-23(24)21-35-28/h1-5,8-11,25H,6-7,12-21H2,(H,29,32)/t25-/m1/s1. The molecule has 2 saturated heterocycles. The van der Waals surface area contributed by atoms with Crippen LogP contribution in [0.25, 0.3) is 0 Å². The second kappa shape index (κ2) is 10.8. The number of piperidine rings is 1. The third kappa shape index (κ3) is 5.36. The van der Waals surface area contributed by atoms with Crippen LogP contribution in [0.15, 0.2) is 54.6 Å². The minimum atomic E-state index is -0.437. The number of nitrogens with one attached hydrogen (secondary N) is 1. The zero-order valence-electron chi connectivity index (χ0n) is 20.3. The fourth-order valence-electron chi connectivity index (χ4n) is 5.63. The van der Waals surface area contributed by atoms with Crippen molar-refractivity contribution >= 4 is 12.0 Å². The SMILES string of the molecule is O=C(NCCCN1CCC2(CC1)OCc1ccccc12)[C@H]1CCCN1C(=O)OCc1ccccc1. The Morgan fingerprint density at radius 1 is 1.03 bits per heavy atom. The van der Waals surface area contributed by atoms with E-state index < -0.39 is 12.1 Å². The summed E-state index contributed by atoms with van der Waals surface area (Å²) >= 11 is 0. The number of nitrogens with zero attached hydrogens (tertiary/aromatic N) is 2. The van der Waals surface area contributed by atoms with Crippen LogP contribution < -0.4 is 5.32 Å². The number of carbonyl (C=O) groups excluding carboxylic acids is 2. The van der Waals surface area contributed by atoms with Gasteiger partial charge in [0.1, 0.15) is 12.6 Å². The van der Waals surface area contributed by atoms with Crippen LogP contribution in [0.3, 0.4) is 0 Å². The molecule has 2 aromatic rings. The molecule has 0 aromatic heterocycles. The first-order valence-electron chi connectivity index (χ1n) is 12.8. The van der Waals surface area contributed by atoms with E-state index in [4.69, 9.17) is 9.47 Å². The van der Waals surface area contributed by atoms with Crippen molar-refractivity contribution in [1.82, 2.24) is 15.1 Å². The van der Waals surface area contributed by atoms with E-state index in [1.165, 1.54) is 11.1 Å². The second-order valence-corrected chi connectivity index (χ2v) is 9.82. The molecule has 0 saturated carbocycles. The van der Waals surface area contributed by atoms with Gasteiger partial charge in [-0.25, -0.2) is 4.79 Å². The second-order valence-electron chi connectivity index (χ2n) is 9.82. The molecule has 3 heterocycles. The highest BCUT2D eigenvalue weighted by molar-refractivity contribution is 5.86. The Hall–Kier alpha value is -2.90. The summed E-state index contributed by atoms with van der Waals surface area (Å²) in [6.45, 7) is 5.08. The van der Waals surface area contributed by atoms with Crippen molar-refractivity contribution in [2.45, 2.75) is 57.0 Å². The molecule has 186 valence electrons. The van der Waals surface area contributed by atoms with Crippen molar-refractivity contribution in [1.29, 1.82) is 0 Å². The molecule has 2 fully saturated rings. The lowest BCUT2D eigenvalue weighted by Crippen LogP contribution is -2.47. The normalized spacial score (nSPS) is 21.1. The highest BCUT2D eigenvalue weighted by Gasteiger charge is 2.42. The largest absolute Gasteiger partial charge is 0.445 e. The maximum absolute atomic E-state index is 12.8. The number of amides is 2.